The first-order valence-corrected chi connectivity index (χ1v) is 4.61. The largest absolute Gasteiger partial charge is 0.320 e. The number of anilines is 1. The highest BCUT2D eigenvalue weighted by atomic mass is 16.2. The quantitative estimate of drug-likeness (QED) is 0.735. The number of nitrogens with two attached hydrogens (primary N) is 1. The first-order valence-electron chi connectivity index (χ1n) is 4.61. The summed E-state index contributed by atoms with van der Waals surface area (Å²) in [6.45, 7) is 3.74. The minimum atomic E-state index is -0.454. The van der Waals surface area contributed by atoms with E-state index in [9.17, 15) is 4.79 Å². The van der Waals surface area contributed by atoms with Gasteiger partial charge in [0.1, 0.15) is 5.82 Å². The lowest BCUT2D eigenvalue weighted by Crippen LogP contribution is -2.35. The number of hydrogen-bond acceptors (Lipinski definition) is 3. The summed E-state index contributed by atoms with van der Waals surface area (Å²) >= 11 is 0. The zero-order valence-electron chi connectivity index (χ0n) is 8.74. The Morgan fingerprint density at radius 1 is 1.79 bits per heavy atom. The number of rotatable bonds is 3. The molecule has 0 aromatic carbocycles. The van der Waals surface area contributed by atoms with Crippen molar-refractivity contribution in [3.8, 4) is 0 Å². The number of aryl methyl sites for hydroxylation is 2. The van der Waals surface area contributed by atoms with Gasteiger partial charge in [0.25, 0.3) is 0 Å². The van der Waals surface area contributed by atoms with Crippen molar-refractivity contribution in [1.29, 1.82) is 0 Å². The van der Waals surface area contributed by atoms with E-state index in [0.717, 1.165) is 5.69 Å². The molecular formula is C9H16N4O. The Morgan fingerprint density at radius 3 is 2.86 bits per heavy atom. The van der Waals surface area contributed by atoms with E-state index >= 15 is 0 Å². The highest BCUT2D eigenvalue weighted by molar-refractivity contribution is 5.93. The summed E-state index contributed by atoms with van der Waals surface area (Å²) in [5, 5.41) is 6.83. The Morgan fingerprint density at radius 2 is 2.43 bits per heavy atom. The molecule has 1 aromatic heterocycles. The van der Waals surface area contributed by atoms with Gasteiger partial charge < -0.3 is 11.1 Å². The predicted molar refractivity (Wildman–Crippen MR) is 54.8 cm³/mol. The molecule has 0 aliphatic carbocycles. The van der Waals surface area contributed by atoms with Gasteiger partial charge in [-0.25, -0.2) is 0 Å². The van der Waals surface area contributed by atoms with E-state index in [4.69, 9.17) is 5.73 Å². The number of hydrogen-bond donors (Lipinski definition) is 2. The van der Waals surface area contributed by atoms with Crippen LogP contribution in [0.3, 0.4) is 0 Å². The summed E-state index contributed by atoms with van der Waals surface area (Å²) in [5.41, 5.74) is 6.45. The summed E-state index contributed by atoms with van der Waals surface area (Å²) in [7, 11) is 1.78. The second-order valence-corrected chi connectivity index (χ2v) is 3.30. The van der Waals surface area contributed by atoms with Crippen molar-refractivity contribution < 1.29 is 4.79 Å². The van der Waals surface area contributed by atoms with Crippen LogP contribution in [0.5, 0.6) is 0 Å². The van der Waals surface area contributed by atoms with Crippen LogP contribution in [0.25, 0.3) is 0 Å². The van der Waals surface area contributed by atoms with E-state index in [1.807, 2.05) is 13.8 Å². The van der Waals surface area contributed by atoms with Crippen molar-refractivity contribution in [3.05, 3.63) is 11.8 Å². The van der Waals surface area contributed by atoms with Crippen LogP contribution < -0.4 is 11.1 Å². The number of amides is 1. The van der Waals surface area contributed by atoms with Crippen molar-refractivity contribution >= 4 is 11.7 Å². The minimum absolute atomic E-state index is 0.171. The second kappa shape index (κ2) is 4.23. The second-order valence-electron chi connectivity index (χ2n) is 3.30. The Balaban J connectivity index is 2.69. The van der Waals surface area contributed by atoms with E-state index in [1.165, 1.54) is 0 Å². The first kappa shape index (κ1) is 10.7. The van der Waals surface area contributed by atoms with Gasteiger partial charge in [0.05, 0.1) is 11.7 Å². The third-order valence-electron chi connectivity index (χ3n) is 2.03. The molecule has 1 heterocycles. The molecule has 0 unspecified atom stereocenters. The fourth-order valence-electron chi connectivity index (χ4n) is 1.13. The topological polar surface area (TPSA) is 72.9 Å². The number of nitrogens with one attached hydrogen (secondary N) is 1. The molecule has 0 fully saturated rings. The van der Waals surface area contributed by atoms with Crippen LogP contribution in [0, 0.1) is 6.92 Å². The highest BCUT2D eigenvalue weighted by Gasteiger charge is 2.12. The maximum Gasteiger partial charge on any atom is 0.242 e. The zero-order valence-corrected chi connectivity index (χ0v) is 8.74. The van der Waals surface area contributed by atoms with E-state index in [0.29, 0.717) is 12.2 Å². The molecule has 1 amide bonds. The lowest BCUT2D eigenvalue weighted by Gasteiger charge is -2.09. The van der Waals surface area contributed by atoms with Crippen molar-refractivity contribution in [2.75, 3.05) is 5.32 Å². The molecular weight excluding hydrogens is 180 g/mol. The Bertz CT molecular complexity index is 332. The van der Waals surface area contributed by atoms with Crippen LogP contribution in [-0.2, 0) is 11.8 Å². The summed E-state index contributed by atoms with van der Waals surface area (Å²) in [4.78, 5) is 11.4. The Labute approximate surface area is 83.3 Å². The monoisotopic (exact) mass is 196 g/mol. The number of carbonyl (C=O) groups excluding carboxylic acids is 1. The maximum atomic E-state index is 11.4. The first-order chi connectivity index (χ1) is 6.54. The average molecular weight is 196 g/mol. The van der Waals surface area contributed by atoms with E-state index in [1.54, 1.807) is 17.8 Å². The highest BCUT2D eigenvalue weighted by Crippen LogP contribution is 2.08. The number of carbonyl (C=O) groups is 1. The maximum absolute atomic E-state index is 11.4. The molecule has 0 radical (unpaired) electrons. The van der Waals surface area contributed by atoms with E-state index in [-0.39, 0.29) is 5.91 Å². The van der Waals surface area contributed by atoms with Crippen molar-refractivity contribution in [1.82, 2.24) is 9.78 Å². The summed E-state index contributed by atoms with van der Waals surface area (Å²) in [5.74, 6) is 0.506. The molecule has 0 saturated heterocycles. The molecule has 78 valence electrons. The fraction of sp³-hybridized carbons (Fsp3) is 0.556. The Kier molecular flexibility index (Phi) is 3.24. The van der Waals surface area contributed by atoms with Crippen LogP contribution in [0.15, 0.2) is 6.07 Å². The van der Waals surface area contributed by atoms with Crippen LogP contribution in [0.4, 0.5) is 5.82 Å². The molecule has 14 heavy (non-hydrogen) atoms. The van der Waals surface area contributed by atoms with Crippen molar-refractivity contribution in [2.24, 2.45) is 12.8 Å². The van der Waals surface area contributed by atoms with Gasteiger partial charge in [-0.2, -0.15) is 5.10 Å². The standard InChI is InChI=1S/C9H16N4O/c1-4-7(10)9(14)11-8-5-6(2)12-13(8)3/h5,7H,4,10H2,1-3H3,(H,11,14)/t7-/m1/s1. The SMILES string of the molecule is CC[C@@H](N)C(=O)Nc1cc(C)nn1C. The van der Waals surface area contributed by atoms with Crippen LogP contribution in [0.2, 0.25) is 0 Å². The predicted octanol–water partition coefficient (Wildman–Crippen LogP) is 0.404. The minimum Gasteiger partial charge on any atom is -0.320 e. The lowest BCUT2D eigenvalue weighted by molar-refractivity contribution is -0.117. The zero-order chi connectivity index (χ0) is 10.7. The normalized spacial score (nSPS) is 12.6. The summed E-state index contributed by atoms with van der Waals surface area (Å²) < 4.78 is 1.62. The molecule has 0 aliphatic rings. The van der Waals surface area contributed by atoms with Gasteiger partial charge in [0.2, 0.25) is 5.91 Å². The van der Waals surface area contributed by atoms with E-state index in [2.05, 4.69) is 10.4 Å². The number of nitrogens with zero attached hydrogens (tertiary/aromatic N) is 2. The van der Waals surface area contributed by atoms with Crippen LogP contribution >= 0.6 is 0 Å². The van der Waals surface area contributed by atoms with Gasteiger partial charge >= 0.3 is 0 Å². The van der Waals surface area contributed by atoms with Crippen molar-refractivity contribution in [2.45, 2.75) is 26.3 Å². The molecule has 5 nitrogen and oxygen atoms in total. The van der Waals surface area contributed by atoms with Gasteiger partial charge in [-0.05, 0) is 13.3 Å². The summed E-state index contributed by atoms with van der Waals surface area (Å²) in [6.07, 6.45) is 0.628. The molecule has 0 saturated carbocycles. The van der Waals surface area contributed by atoms with Gasteiger partial charge in [-0.15, -0.1) is 0 Å². The van der Waals surface area contributed by atoms with Crippen LogP contribution in [-0.4, -0.2) is 21.7 Å². The third kappa shape index (κ3) is 2.32. The summed E-state index contributed by atoms with van der Waals surface area (Å²) in [6, 6.07) is 1.35. The van der Waals surface area contributed by atoms with Crippen LogP contribution in [0.1, 0.15) is 19.0 Å². The molecule has 1 aromatic rings. The lowest BCUT2D eigenvalue weighted by atomic mass is 10.2. The molecule has 0 bridgehead atoms. The molecule has 5 heteroatoms. The van der Waals surface area contributed by atoms with Gasteiger partial charge in [0, 0.05) is 13.1 Å². The van der Waals surface area contributed by atoms with E-state index < -0.39 is 6.04 Å². The molecule has 0 aliphatic heterocycles. The fourth-order valence-corrected chi connectivity index (χ4v) is 1.13. The van der Waals surface area contributed by atoms with Gasteiger partial charge in [0.15, 0.2) is 0 Å². The molecule has 3 N–H and O–H groups in total. The third-order valence-corrected chi connectivity index (χ3v) is 2.03. The van der Waals surface area contributed by atoms with Crippen molar-refractivity contribution in [3.63, 3.8) is 0 Å². The average Bonchev–Trinajstić information content (AvgIpc) is 2.44. The van der Waals surface area contributed by atoms with Gasteiger partial charge in [-0.1, -0.05) is 6.92 Å². The molecule has 1 atom stereocenters. The molecule has 1 rings (SSSR count). The van der Waals surface area contributed by atoms with Gasteiger partial charge in [-0.3, -0.25) is 9.48 Å². The molecule has 0 spiro atoms. The smallest absolute Gasteiger partial charge is 0.242 e. The number of aromatic nitrogens is 2. The Hall–Kier alpha value is -1.36.